The molecule has 1 aliphatic carbocycles. The molecule has 49 heavy (non-hydrogen) atoms. The number of hydrogen-bond donors (Lipinski definition) is 0. The van der Waals surface area contributed by atoms with Gasteiger partial charge >= 0.3 is 0 Å². The van der Waals surface area contributed by atoms with Crippen LogP contribution in [0.2, 0.25) is 0 Å². The Morgan fingerprint density at radius 2 is 0.735 bits per heavy atom. The molecule has 0 spiro atoms. The monoisotopic (exact) mass is 622 g/mol. The first kappa shape index (κ1) is 28.1. The van der Waals surface area contributed by atoms with Crippen LogP contribution >= 0.6 is 0 Å². The van der Waals surface area contributed by atoms with E-state index in [9.17, 15) is 0 Å². The Balaban J connectivity index is 1.31. The molecule has 9 aromatic rings. The maximum absolute atomic E-state index is 2.43. The van der Waals surface area contributed by atoms with Crippen molar-refractivity contribution in [1.29, 1.82) is 0 Å². The molecular formula is C49H34. The molecule has 0 radical (unpaired) electrons. The van der Waals surface area contributed by atoms with Crippen LogP contribution in [0.15, 0.2) is 170 Å². The van der Waals surface area contributed by atoms with Gasteiger partial charge in [0.2, 0.25) is 0 Å². The van der Waals surface area contributed by atoms with Crippen LogP contribution in [0.25, 0.3) is 87.6 Å². The zero-order valence-corrected chi connectivity index (χ0v) is 27.7. The summed E-state index contributed by atoms with van der Waals surface area (Å²) in [4.78, 5) is 0. The van der Waals surface area contributed by atoms with Crippen LogP contribution in [-0.2, 0) is 5.41 Å². The highest BCUT2D eigenvalue weighted by atomic mass is 14.4. The van der Waals surface area contributed by atoms with Gasteiger partial charge in [0.15, 0.2) is 0 Å². The molecule has 1 aliphatic rings. The predicted octanol–water partition coefficient (Wildman–Crippen LogP) is 13.6. The molecule has 0 aliphatic heterocycles. The van der Waals surface area contributed by atoms with Crippen LogP contribution in [0.3, 0.4) is 0 Å². The lowest BCUT2D eigenvalue weighted by Gasteiger charge is -2.23. The largest absolute Gasteiger partial charge is 0.0616 e. The van der Waals surface area contributed by atoms with E-state index in [2.05, 4.69) is 184 Å². The first-order valence-corrected chi connectivity index (χ1v) is 17.3. The fraction of sp³-hybridized carbons (Fsp3) is 0.0612. The molecule has 0 nitrogen and oxygen atoms in total. The Morgan fingerprint density at radius 3 is 1.41 bits per heavy atom. The van der Waals surface area contributed by atoms with Crippen molar-refractivity contribution in [1.82, 2.24) is 0 Å². The van der Waals surface area contributed by atoms with E-state index < -0.39 is 0 Å². The van der Waals surface area contributed by atoms with E-state index in [1.54, 1.807) is 0 Å². The lowest BCUT2D eigenvalue weighted by Crippen LogP contribution is -2.14. The van der Waals surface area contributed by atoms with E-state index in [4.69, 9.17) is 0 Å². The second kappa shape index (κ2) is 10.5. The van der Waals surface area contributed by atoms with Gasteiger partial charge in [0.25, 0.3) is 0 Å². The highest BCUT2D eigenvalue weighted by Gasteiger charge is 2.37. The average molecular weight is 623 g/mol. The van der Waals surface area contributed by atoms with Gasteiger partial charge < -0.3 is 0 Å². The Hall–Kier alpha value is -5.98. The normalized spacial score (nSPS) is 13.3. The van der Waals surface area contributed by atoms with Crippen LogP contribution < -0.4 is 0 Å². The van der Waals surface area contributed by atoms with Gasteiger partial charge in [-0.2, -0.15) is 0 Å². The molecule has 0 bridgehead atoms. The molecule has 0 heteroatoms. The van der Waals surface area contributed by atoms with Crippen molar-refractivity contribution < 1.29 is 0 Å². The molecule has 0 N–H and O–H groups in total. The summed E-state index contributed by atoms with van der Waals surface area (Å²) in [5, 5.41) is 10.2. The highest BCUT2D eigenvalue weighted by molar-refractivity contribution is 6.24. The zero-order chi connectivity index (χ0) is 32.7. The van der Waals surface area contributed by atoms with Crippen molar-refractivity contribution in [3.8, 4) is 44.5 Å². The van der Waals surface area contributed by atoms with Gasteiger partial charge in [-0.05, 0) is 111 Å². The van der Waals surface area contributed by atoms with Crippen molar-refractivity contribution >= 4 is 43.1 Å². The summed E-state index contributed by atoms with van der Waals surface area (Å²) in [5.41, 5.74) is 13.1. The molecule has 230 valence electrons. The quantitative estimate of drug-likeness (QED) is 0.172. The SMILES string of the molecule is CC1(C)c2cc3ccccc3cc2-c2c(-c3c4ccccc4c(-c4ccccc4-c4cccc5ccccc45)c4ccccc34)cccc21. The van der Waals surface area contributed by atoms with Crippen molar-refractivity contribution in [2.45, 2.75) is 19.3 Å². The molecule has 0 amide bonds. The summed E-state index contributed by atoms with van der Waals surface area (Å²) in [5.74, 6) is 0. The molecule has 10 rings (SSSR count). The minimum atomic E-state index is -0.104. The van der Waals surface area contributed by atoms with Crippen LogP contribution in [0.1, 0.15) is 25.0 Å². The number of rotatable bonds is 3. The second-order valence-corrected chi connectivity index (χ2v) is 14.0. The summed E-state index contributed by atoms with van der Waals surface area (Å²) < 4.78 is 0. The third-order valence-electron chi connectivity index (χ3n) is 11.0. The molecule has 0 saturated carbocycles. The second-order valence-electron chi connectivity index (χ2n) is 14.0. The van der Waals surface area contributed by atoms with E-state index in [1.807, 2.05) is 0 Å². The van der Waals surface area contributed by atoms with E-state index >= 15 is 0 Å². The van der Waals surface area contributed by atoms with Gasteiger partial charge in [0.1, 0.15) is 0 Å². The smallest absolute Gasteiger partial charge is 0.0159 e. The summed E-state index contributed by atoms with van der Waals surface area (Å²) >= 11 is 0. The fourth-order valence-electron chi connectivity index (χ4n) is 8.79. The first-order valence-electron chi connectivity index (χ1n) is 17.3. The first-order chi connectivity index (χ1) is 24.1. The molecule has 0 fully saturated rings. The molecule has 0 saturated heterocycles. The zero-order valence-electron chi connectivity index (χ0n) is 27.7. The van der Waals surface area contributed by atoms with Gasteiger partial charge in [0.05, 0.1) is 0 Å². The maximum atomic E-state index is 2.43. The van der Waals surface area contributed by atoms with E-state index in [0.717, 1.165) is 0 Å². The molecule has 0 unspecified atom stereocenters. The predicted molar refractivity (Wildman–Crippen MR) is 210 cm³/mol. The highest BCUT2D eigenvalue weighted by Crippen LogP contribution is 2.55. The molecule has 0 atom stereocenters. The molecule has 0 aromatic heterocycles. The Morgan fingerprint density at radius 1 is 0.286 bits per heavy atom. The third kappa shape index (κ3) is 4.04. The van der Waals surface area contributed by atoms with E-state index in [1.165, 1.54) is 98.7 Å². The van der Waals surface area contributed by atoms with Crippen LogP contribution in [0.4, 0.5) is 0 Å². The topological polar surface area (TPSA) is 0 Å². The summed E-state index contributed by atoms with van der Waals surface area (Å²) in [7, 11) is 0. The molecule has 0 heterocycles. The van der Waals surface area contributed by atoms with Crippen LogP contribution in [0, 0.1) is 0 Å². The average Bonchev–Trinajstić information content (AvgIpc) is 3.38. The van der Waals surface area contributed by atoms with Crippen molar-refractivity contribution in [3.05, 3.63) is 181 Å². The van der Waals surface area contributed by atoms with E-state index in [0.29, 0.717) is 0 Å². The summed E-state index contributed by atoms with van der Waals surface area (Å²) in [6.45, 7) is 4.78. The fourth-order valence-corrected chi connectivity index (χ4v) is 8.79. The summed E-state index contributed by atoms with van der Waals surface area (Å²) in [6.07, 6.45) is 0. The molecular weight excluding hydrogens is 589 g/mol. The Kier molecular flexibility index (Phi) is 6.02. The lowest BCUT2D eigenvalue weighted by atomic mass is 9.80. The number of fused-ring (bicyclic) bond motifs is 7. The minimum Gasteiger partial charge on any atom is -0.0616 e. The van der Waals surface area contributed by atoms with Crippen molar-refractivity contribution in [3.63, 3.8) is 0 Å². The Bertz CT molecular complexity index is 2730. The van der Waals surface area contributed by atoms with Gasteiger partial charge in [-0.15, -0.1) is 0 Å². The maximum Gasteiger partial charge on any atom is 0.0159 e. The number of benzene rings is 9. The Labute approximate surface area is 286 Å². The molecule has 9 aromatic carbocycles. The van der Waals surface area contributed by atoms with E-state index in [-0.39, 0.29) is 5.41 Å². The number of hydrogen-bond acceptors (Lipinski definition) is 0. The van der Waals surface area contributed by atoms with Crippen molar-refractivity contribution in [2.75, 3.05) is 0 Å². The third-order valence-corrected chi connectivity index (χ3v) is 11.0. The van der Waals surface area contributed by atoms with Gasteiger partial charge in [-0.3, -0.25) is 0 Å². The van der Waals surface area contributed by atoms with Crippen molar-refractivity contribution in [2.24, 2.45) is 0 Å². The summed E-state index contributed by atoms with van der Waals surface area (Å²) in [6, 6.07) is 63.1. The van der Waals surface area contributed by atoms with Gasteiger partial charge in [0, 0.05) is 5.41 Å². The lowest BCUT2D eigenvalue weighted by molar-refractivity contribution is 0.661. The van der Waals surface area contributed by atoms with Gasteiger partial charge in [-0.1, -0.05) is 172 Å². The van der Waals surface area contributed by atoms with Crippen LogP contribution in [-0.4, -0.2) is 0 Å². The minimum absolute atomic E-state index is 0.104. The van der Waals surface area contributed by atoms with Gasteiger partial charge in [-0.25, -0.2) is 0 Å². The van der Waals surface area contributed by atoms with Crippen LogP contribution in [0.5, 0.6) is 0 Å². The standard InChI is InChI=1S/C49H34/c1-49(2)44-28-14-27-42(48(44)43-29-32-16-3-4-17-33(32)30-45(43)49)47-40-24-11-9-22-38(40)46(39-23-10-12-25-41(39)47)37-21-8-7-20-36(37)35-26-13-18-31-15-5-6-19-34(31)35/h3-30H,1-2H3.